The molecule has 1 atom stereocenters. The molecule has 35 heavy (non-hydrogen) atoms. The van der Waals surface area contributed by atoms with Crippen molar-refractivity contribution < 1.29 is 9.59 Å². The van der Waals surface area contributed by atoms with Crippen LogP contribution in [0.5, 0.6) is 0 Å². The molecule has 2 heterocycles. The molecule has 1 aromatic carbocycles. The normalized spacial score (nSPS) is 15.3. The first kappa shape index (κ1) is 24.7. The summed E-state index contributed by atoms with van der Waals surface area (Å²) in [4.78, 5) is 47.2. The van der Waals surface area contributed by atoms with Gasteiger partial charge >= 0.3 is 0 Å². The lowest BCUT2D eigenvalue weighted by atomic mass is 9.89. The minimum atomic E-state index is -0.562. The number of aromatic nitrogens is 3. The van der Waals surface area contributed by atoms with Crippen LogP contribution < -0.4 is 16.1 Å². The van der Waals surface area contributed by atoms with Gasteiger partial charge in [-0.2, -0.15) is 0 Å². The van der Waals surface area contributed by atoms with Gasteiger partial charge in [-0.1, -0.05) is 25.3 Å². The Morgan fingerprint density at radius 2 is 1.77 bits per heavy atom. The predicted molar refractivity (Wildman–Crippen MR) is 137 cm³/mol. The molecular formula is C27H35N5O3. The van der Waals surface area contributed by atoms with Crippen molar-refractivity contribution in [1.82, 2.24) is 25.2 Å². The van der Waals surface area contributed by atoms with Crippen molar-refractivity contribution in [1.29, 1.82) is 0 Å². The van der Waals surface area contributed by atoms with Crippen LogP contribution in [-0.2, 0) is 0 Å². The lowest BCUT2D eigenvalue weighted by Crippen LogP contribution is -2.38. The summed E-state index contributed by atoms with van der Waals surface area (Å²) in [7, 11) is 0. The number of imidazole rings is 1. The summed E-state index contributed by atoms with van der Waals surface area (Å²) in [6, 6.07) is 5.43. The maximum atomic E-state index is 13.2. The smallest absolute Gasteiger partial charge is 0.257 e. The molecule has 0 bridgehead atoms. The zero-order chi connectivity index (χ0) is 25.1. The number of nitrogens with one attached hydrogen (secondary N) is 3. The van der Waals surface area contributed by atoms with E-state index in [0.717, 1.165) is 29.4 Å². The van der Waals surface area contributed by atoms with Gasteiger partial charge in [0.15, 0.2) is 0 Å². The fraction of sp³-hybridized carbons (Fsp3) is 0.481. The third kappa shape index (κ3) is 5.63. The largest absolute Gasteiger partial charge is 0.352 e. The molecule has 2 aromatic heterocycles. The number of hydrogen-bond acceptors (Lipinski definition) is 4. The summed E-state index contributed by atoms with van der Waals surface area (Å²) in [6.45, 7) is 8.25. The third-order valence-electron chi connectivity index (χ3n) is 6.82. The van der Waals surface area contributed by atoms with Gasteiger partial charge in [-0.3, -0.25) is 14.4 Å². The molecule has 0 aliphatic heterocycles. The summed E-state index contributed by atoms with van der Waals surface area (Å²) in [5.41, 5.74) is 2.19. The van der Waals surface area contributed by atoms with Gasteiger partial charge < -0.3 is 20.2 Å². The Hall–Kier alpha value is -3.42. The molecule has 4 rings (SSSR count). The molecule has 0 spiro atoms. The zero-order valence-electron chi connectivity index (χ0n) is 21.0. The molecule has 3 N–H and O–H groups in total. The second kappa shape index (κ2) is 10.5. The number of carbonyl (C=O) groups is 2. The summed E-state index contributed by atoms with van der Waals surface area (Å²) >= 11 is 0. The average molecular weight is 478 g/mol. The van der Waals surface area contributed by atoms with Crippen LogP contribution in [0.1, 0.15) is 97.1 Å². The number of benzene rings is 1. The monoisotopic (exact) mass is 477 g/mol. The van der Waals surface area contributed by atoms with E-state index < -0.39 is 23.3 Å². The molecule has 1 aliphatic rings. The number of aromatic amines is 1. The molecule has 1 fully saturated rings. The highest BCUT2D eigenvalue weighted by Gasteiger charge is 2.23. The fourth-order valence-electron chi connectivity index (χ4n) is 4.63. The van der Waals surface area contributed by atoms with Crippen LogP contribution in [0.2, 0.25) is 0 Å². The molecule has 0 saturated heterocycles. The number of amides is 2. The predicted octanol–water partition coefficient (Wildman–Crippen LogP) is 4.42. The van der Waals surface area contributed by atoms with Gasteiger partial charge in [0.2, 0.25) is 5.43 Å². The number of pyridine rings is 1. The molecule has 8 nitrogen and oxygen atoms in total. The van der Waals surface area contributed by atoms with E-state index in [1.165, 1.54) is 25.5 Å². The Kier molecular flexibility index (Phi) is 7.38. The van der Waals surface area contributed by atoms with Crippen LogP contribution in [0.15, 0.2) is 35.4 Å². The molecule has 8 heteroatoms. The average Bonchev–Trinajstić information content (AvgIpc) is 3.26. The van der Waals surface area contributed by atoms with Crippen LogP contribution in [0.3, 0.4) is 0 Å². The van der Waals surface area contributed by atoms with Gasteiger partial charge in [0, 0.05) is 25.0 Å². The minimum absolute atomic E-state index is 0.00553. The number of carbonyl (C=O) groups excluding carboxylic acids is 2. The molecule has 3 aromatic rings. The first-order chi connectivity index (χ1) is 16.7. The molecule has 1 saturated carbocycles. The number of hydrogen-bond donors (Lipinski definition) is 3. The lowest BCUT2D eigenvalue weighted by Gasteiger charge is -2.22. The molecule has 186 valence electrons. The highest BCUT2D eigenvalue weighted by molar-refractivity contribution is 5.99. The van der Waals surface area contributed by atoms with Gasteiger partial charge in [-0.05, 0) is 64.2 Å². The van der Waals surface area contributed by atoms with E-state index in [4.69, 9.17) is 0 Å². The zero-order valence-corrected chi connectivity index (χ0v) is 21.0. The quantitative estimate of drug-likeness (QED) is 0.468. The molecule has 2 amide bonds. The fourth-order valence-corrected chi connectivity index (χ4v) is 4.63. The summed E-state index contributed by atoms with van der Waals surface area (Å²) < 4.78 is 1.74. The Morgan fingerprint density at radius 3 is 2.46 bits per heavy atom. The van der Waals surface area contributed by atoms with Crippen molar-refractivity contribution in [3.63, 3.8) is 0 Å². The first-order valence-electron chi connectivity index (χ1n) is 12.5. The van der Waals surface area contributed by atoms with E-state index in [1.54, 1.807) is 10.8 Å². The molecule has 0 unspecified atom stereocenters. The number of fused-ring (bicyclic) bond motifs is 1. The summed E-state index contributed by atoms with van der Waals surface area (Å²) in [5, 5.41) is 5.80. The molecule has 0 radical (unpaired) electrons. The maximum absolute atomic E-state index is 13.2. The Bertz CT molecular complexity index is 1280. The van der Waals surface area contributed by atoms with Crippen molar-refractivity contribution >= 4 is 22.8 Å². The summed E-state index contributed by atoms with van der Waals surface area (Å²) in [6.07, 6.45) is 8.86. The lowest BCUT2D eigenvalue weighted by molar-refractivity contribution is 0.0936. The topological polar surface area (TPSA) is 109 Å². The van der Waals surface area contributed by atoms with Crippen LogP contribution in [0.4, 0.5) is 0 Å². The van der Waals surface area contributed by atoms with Crippen LogP contribution in [-0.4, -0.2) is 32.9 Å². The van der Waals surface area contributed by atoms with Gasteiger partial charge in [0.05, 0.1) is 17.1 Å². The second-order valence-corrected chi connectivity index (χ2v) is 10.0. The van der Waals surface area contributed by atoms with Gasteiger partial charge in [-0.15, -0.1) is 0 Å². The highest BCUT2D eigenvalue weighted by Crippen LogP contribution is 2.23. The van der Waals surface area contributed by atoms with E-state index in [1.807, 2.05) is 45.9 Å². The molecular weight excluding hydrogens is 442 g/mol. The van der Waals surface area contributed by atoms with Crippen LogP contribution in [0, 0.1) is 12.8 Å². The van der Waals surface area contributed by atoms with Gasteiger partial charge in [0.1, 0.15) is 17.0 Å². The third-order valence-corrected chi connectivity index (χ3v) is 6.82. The number of aryl methyl sites for hydroxylation is 1. The van der Waals surface area contributed by atoms with Crippen LogP contribution in [0.25, 0.3) is 11.0 Å². The van der Waals surface area contributed by atoms with Crippen molar-refractivity contribution in [2.24, 2.45) is 5.92 Å². The van der Waals surface area contributed by atoms with E-state index >= 15 is 0 Å². The Labute approximate surface area is 205 Å². The summed E-state index contributed by atoms with van der Waals surface area (Å²) in [5.74, 6) is 0.0882. The van der Waals surface area contributed by atoms with Crippen LogP contribution >= 0.6 is 0 Å². The Balaban J connectivity index is 1.55. The van der Waals surface area contributed by atoms with Crippen molar-refractivity contribution in [3.8, 4) is 0 Å². The standard InChI is InChI=1S/C27H35N5O3/c1-16(2)32-14-20(26(34)28-13-19-8-6-5-7-9-19)24(33)21(15-32)27(35)29-18(4)25-30-22-11-10-17(3)12-23(22)31-25/h10-12,14-16,18-19H,5-9,13H2,1-4H3,(H,28,34)(H,29,35)(H,30,31)/t18-/m0/s1. The highest BCUT2D eigenvalue weighted by atomic mass is 16.2. The number of rotatable bonds is 7. The number of H-pyrrole nitrogens is 1. The van der Waals surface area contributed by atoms with Crippen molar-refractivity contribution in [2.45, 2.75) is 71.9 Å². The maximum Gasteiger partial charge on any atom is 0.257 e. The van der Waals surface area contributed by atoms with Gasteiger partial charge in [0.25, 0.3) is 11.8 Å². The van der Waals surface area contributed by atoms with Gasteiger partial charge in [-0.25, -0.2) is 4.98 Å². The van der Waals surface area contributed by atoms with E-state index in [0.29, 0.717) is 18.3 Å². The molecule has 1 aliphatic carbocycles. The second-order valence-electron chi connectivity index (χ2n) is 10.0. The van der Waals surface area contributed by atoms with Crippen molar-refractivity contribution in [3.05, 3.63) is 63.3 Å². The van der Waals surface area contributed by atoms with E-state index in [2.05, 4.69) is 20.6 Å². The Morgan fingerprint density at radius 1 is 1.09 bits per heavy atom. The van der Waals surface area contributed by atoms with Crippen molar-refractivity contribution in [2.75, 3.05) is 6.54 Å². The minimum Gasteiger partial charge on any atom is -0.352 e. The van der Waals surface area contributed by atoms with E-state index in [-0.39, 0.29) is 17.2 Å². The SMILES string of the molecule is Cc1ccc2nc([C@H](C)NC(=O)c3cn(C(C)C)cc(C(=O)NCC4CCCCC4)c3=O)[nH]c2c1. The van der Waals surface area contributed by atoms with E-state index in [9.17, 15) is 14.4 Å². The first-order valence-corrected chi connectivity index (χ1v) is 12.5. The number of nitrogens with zero attached hydrogens (tertiary/aromatic N) is 2.